The molecule has 2 rings (SSSR count). The summed E-state index contributed by atoms with van der Waals surface area (Å²) in [6, 6.07) is 9.72. The highest BCUT2D eigenvalue weighted by molar-refractivity contribution is 5.30. The molecule has 5 heteroatoms. The first-order chi connectivity index (χ1) is 9.60. The van der Waals surface area contributed by atoms with E-state index >= 15 is 0 Å². The Morgan fingerprint density at radius 3 is 2.75 bits per heavy atom. The van der Waals surface area contributed by atoms with Crippen LogP contribution in [0.1, 0.15) is 24.3 Å². The summed E-state index contributed by atoms with van der Waals surface area (Å²) in [6.45, 7) is 1.73. The minimum atomic E-state index is -0.843. The van der Waals surface area contributed by atoms with Crippen molar-refractivity contribution in [3.05, 3.63) is 53.5 Å². The number of aliphatic hydroxyl groups is 1. The number of hydrogen-bond acceptors (Lipinski definition) is 4. The second-order valence-corrected chi connectivity index (χ2v) is 4.32. The van der Waals surface area contributed by atoms with Gasteiger partial charge in [-0.25, -0.2) is 9.37 Å². The fourth-order valence-electron chi connectivity index (χ4n) is 1.75. The summed E-state index contributed by atoms with van der Waals surface area (Å²) < 4.78 is 24.2. The van der Waals surface area contributed by atoms with Gasteiger partial charge in [0.1, 0.15) is 18.2 Å². The minimum Gasteiger partial charge on any atom is -0.487 e. The van der Waals surface area contributed by atoms with E-state index in [9.17, 15) is 9.50 Å². The van der Waals surface area contributed by atoms with E-state index in [1.165, 1.54) is 26.2 Å². The Bertz CT molecular complexity index is 587. The number of halogens is 1. The van der Waals surface area contributed by atoms with E-state index in [4.69, 9.17) is 9.47 Å². The molecule has 2 aromatic rings. The molecule has 0 saturated heterocycles. The Hall–Kier alpha value is -2.14. The molecule has 1 aromatic heterocycles. The van der Waals surface area contributed by atoms with Gasteiger partial charge in [-0.3, -0.25) is 0 Å². The molecule has 20 heavy (non-hydrogen) atoms. The van der Waals surface area contributed by atoms with Crippen molar-refractivity contribution in [1.82, 2.24) is 4.98 Å². The van der Waals surface area contributed by atoms with Gasteiger partial charge in [0.05, 0.1) is 18.9 Å². The van der Waals surface area contributed by atoms with Crippen molar-refractivity contribution in [2.75, 3.05) is 7.11 Å². The summed E-state index contributed by atoms with van der Waals surface area (Å²) in [6.07, 6.45) is -0.843. The van der Waals surface area contributed by atoms with E-state index in [0.717, 1.165) is 0 Å². The second kappa shape index (κ2) is 6.34. The second-order valence-electron chi connectivity index (χ2n) is 4.32. The maximum absolute atomic E-state index is 13.7. The van der Waals surface area contributed by atoms with Crippen molar-refractivity contribution in [1.29, 1.82) is 0 Å². The van der Waals surface area contributed by atoms with Gasteiger partial charge in [0.15, 0.2) is 0 Å². The summed E-state index contributed by atoms with van der Waals surface area (Å²) in [7, 11) is 1.54. The van der Waals surface area contributed by atoms with Crippen LogP contribution in [0.4, 0.5) is 4.39 Å². The number of nitrogens with zero attached hydrogens (tertiary/aromatic N) is 1. The molecule has 0 bridgehead atoms. The fraction of sp³-hybridized carbons (Fsp3) is 0.267. The maximum Gasteiger partial charge on any atom is 0.213 e. The quantitative estimate of drug-likeness (QED) is 0.913. The molecule has 0 spiro atoms. The number of ether oxygens (including phenoxy) is 2. The van der Waals surface area contributed by atoms with Crippen LogP contribution in [0.5, 0.6) is 11.6 Å². The van der Waals surface area contributed by atoms with Gasteiger partial charge >= 0.3 is 0 Å². The van der Waals surface area contributed by atoms with E-state index in [1.54, 1.807) is 18.2 Å². The predicted octanol–water partition coefficient (Wildman–Crippen LogP) is 2.86. The zero-order chi connectivity index (χ0) is 14.5. The van der Waals surface area contributed by atoms with Gasteiger partial charge in [0.2, 0.25) is 5.88 Å². The topological polar surface area (TPSA) is 51.6 Å². The molecular weight excluding hydrogens is 261 g/mol. The molecule has 0 saturated carbocycles. The summed E-state index contributed by atoms with van der Waals surface area (Å²) in [5.74, 6) is 0.398. The third-order valence-electron chi connectivity index (χ3n) is 2.80. The van der Waals surface area contributed by atoms with E-state index in [1.807, 2.05) is 6.07 Å². The molecule has 0 aliphatic heterocycles. The number of aromatic nitrogens is 1. The number of aliphatic hydroxyl groups excluding tert-OH is 1. The van der Waals surface area contributed by atoms with E-state index in [2.05, 4.69) is 4.98 Å². The Kier molecular flexibility index (Phi) is 4.53. The van der Waals surface area contributed by atoms with Crippen LogP contribution in [0.25, 0.3) is 0 Å². The van der Waals surface area contributed by atoms with E-state index in [0.29, 0.717) is 17.3 Å². The van der Waals surface area contributed by atoms with Gasteiger partial charge in [-0.15, -0.1) is 0 Å². The zero-order valence-electron chi connectivity index (χ0n) is 11.3. The maximum atomic E-state index is 13.7. The van der Waals surface area contributed by atoms with Gasteiger partial charge in [0.25, 0.3) is 0 Å². The van der Waals surface area contributed by atoms with Crippen LogP contribution in [-0.4, -0.2) is 17.2 Å². The highest BCUT2D eigenvalue weighted by atomic mass is 19.1. The first-order valence-electron chi connectivity index (χ1n) is 6.20. The average Bonchev–Trinajstić information content (AvgIpc) is 2.45. The number of hydrogen-bond donors (Lipinski definition) is 1. The smallest absolute Gasteiger partial charge is 0.213 e. The molecule has 1 unspecified atom stereocenters. The molecule has 0 amide bonds. The highest BCUT2D eigenvalue weighted by Crippen LogP contribution is 2.22. The molecule has 0 radical (unpaired) electrons. The highest BCUT2D eigenvalue weighted by Gasteiger charge is 2.09. The van der Waals surface area contributed by atoms with Crippen LogP contribution in [0.15, 0.2) is 36.4 Å². The number of methoxy groups -OCH3 is 1. The predicted molar refractivity (Wildman–Crippen MR) is 72.2 cm³/mol. The van der Waals surface area contributed by atoms with Crippen LogP contribution in [0, 0.1) is 5.82 Å². The third-order valence-corrected chi connectivity index (χ3v) is 2.80. The monoisotopic (exact) mass is 277 g/mol. The van der Waals surface area contributed by atoms with E-state index < -0.39 is 11.9 Å². The van der Waals surface area contributed by atoms with Gasteiger partial charge in [-0.05, 0) is 25.1 Å². The minimum absolute atomic E-state index is 0.213. The van der Waals surface area contributed by atoms with Gasteiger partial charge in [-0.1, -0.05) is 6.07 Å². The number of rotatable bonds is 5. The fourth-order valence-corrected chi connectivity index (χ4v) is 1.75. The first-order valence-corrected chi connectivity index (χ1v) is 6.20. The summed E-state index contributed by atoms with van der Waals surface area (Å²) in [5.41, 5.74) is 0.932. The van der Waals surface area contributed by atoms with Crippen LogP contribution < -0.4 is 9.47 Å². The van der Waals surface area contributed by atoms with Gasteiger partial charge < -0.3 is 14.6 Å². The molecule has 1 atom stereocenters. The van der Waals surface area contributed by atoms with Gasteiger partial charge in [-0.2, -0.15) is 0 Å². The zero-order valence-corrected chi connectivity index (χ0v) is 11.3. The van der Waals surface area contributed by atoms with Crippen molar-refractivity contribution in [3.8, 4) is 11.6 Å². The van der Waals surface area contributed by atoms with Crippen molar-refractivity contribution in [2.45, 2.75) is 19.6 Å². The molecule has 106 valence electrons. The van der Waals surface area contributed by atoms with Crippen molar-refractivity contribution in [3.63, 3.8) is 0 Å². The Morgan fingerprint density at radius 2 is 2.10 bits per heavy atom. The Balaban J connectivity index is 2.05. The SMILES string of the molecule is COc1cccc(COc2ccc(C(C)O)c(F)c2)n1. The largest absolute Gasteiger partial charge is 0.487 e. The lowest BCUT2D eigenvalue weighted by atomic mass is 10.1. The number of benzene rings is 1. The van der Waals surface area contributed by atoms with Crippen LogP contribution >= 0.6 is 0 Å². The normalized spacial score (nSPS) is 12.0. The molecule has 0 fully saturated rings. The van der Waals surface area contributed by atoms with Gasteiger partial charge in [0, 0.05) is 17.7 Å². The molecule has 0 aliphatic carbocycles. The Morgan fingerprint density at radius 1 is 1.30 bits per heavy atom. The van der Waals surface area contributed by atoms with Crippen LogP contribution in [-0.2, 0) is 6.61 Å². The van der Waals surface area contributed by atoms with Crippen molar-refractivity contribution >= 4 is 0 Å². The lowest BCUT2D eigenvalue weighted by molar-refractivity contribution is 0.193. The van der Waals surface area contributed by atoms with Crippen molar-refractivity contribution in [2.24, 2.45) is 0 Å². The molecule has 1 aromatic carbocycles. The first kappa shape index (κ1) is 14.3. The Labute approximate surface area is 116 Å². The molecule has 0 aliphatic rings. The number of pyridine rings is 1. The van der Waals surface area contributed by atoms with E-state index in [-0.39, 0.29) is 12.2 Å². The molecule has 1 heterocycles. The average molecular weight is 277 g/mol. The molecule has 4 nitrogen and oxygen atoms in total. The summed E-state index contributed by atoms with van der Waals surface area (Å²) >= 11 is 0. The van der Waals surface area contributed by atoms with Crippen molar-refractivity contribution < 1.29 is 19.0 Å². The lowest BCUT2D eigenvalue weighted by Gasteiger charge is -2.10. The summed E-state index contributed by atoms with van der Waals surface area (Å²) in [5, 5.41) is 9.36. The standard InChI is InChI=1S/C15H16FNO3/c1-10(18)13-7-6-12(8-14(13)16)20-9-11-4-3-5-15(17-11)19-2/h3-8,10,18H,9H2,1-2H3. The molecular formula is C15H16FNO3. The van der Waals surface area contributed by atoms with Crippen LogP contribution in [0.2, 0.25) is 0 Å². The molecule has 1 N–H and O–H groups in total. The van der Waals surface area contributed by atoms with Crippen LogP contribution in [0.3, 0.4) is 0 Å². The summed E-state index contributed by atoms with van der Waals surface area (Å²) in [4.78, 5) is 4.19. The lowest BCUT2D eigenvalue weighted by Crippen LogP contribution is -2.01. The third kappa shape index (κ3) is 3.45.